The molecule has 0 aromatic rings. The van der Waals surface area contributed by atoms with Gasteiger partial charge in [0.15, 0.2) is 0 Å². The Morgan fingerprint density at radius 2 is 1.50 bits per heavy atom. The van der Waals surface area contributed by atoms with Crippen molar-refractivity contribution in [2.75, 3.05) is 6.54 Å². The van der Waals surface area contributed by atoms with Crippen molar-refractivity contribution in [1.29, 1.82) is 0 Å². The van der Waals surface area contributed by atoms with Crippen molar-refractivity contribution in [2.24, 2.45) is 5.92 Å². The molecule has 0 spiro atoms. The third-order valence-electron chi connectivity index (χ3n) is 5.97. The summed E-state index contributed by atoms with van der Waals surface area (Å²) in [5.74, 6) is -0.187. The summed E-state index contributed by atoms with van der Waals surface area (Å²) in [4.78, 5) is 0. The zero-order chi connectivity index (χ0) is 19.1. The molecule has 0 saturated heterocycles. The van der Waals surface area contributed by atoms with Crippen LogP contribution in [0, 0.1) is 5.92 Å². The lowest BCUT2D eigenvalue weighted by Crippen LogP contribution is -2.53. The summed E-state index contributed by atoms with van der Waals surface area (Å²) in [7, 11) is -5.35. The molecule has 1 saturated carbocycles. The normalized spacial score (nSPS) is 26.5. The minimum absolute atomic E-state index is 0.112. The van der Waals surface area contributed by atoms with Crippen LogP contribution in [0.15, 0.2) is 22.3 Å². The summed E-state index contributed by atoms with van der Waals surface area (Å²) in [5.41, 5.74) is -1.03. The quantitative estimate of drug-likeness (QED) is 0.640. The minimum atomic E-state index is -5.35. The number of sulfonamides is 1. The first-order valence-electron chi connectivity index (χ1n) is 9.66. The van der Waals surface area contributed by atoms with E-state index < -0.39 is 21.6 Å². The first kappa shape index (κ1) is 19.9. The van der Waals surface area contributed by atoms with E-state index in [9.17, 15) is 21.6 Å². The van der Waals surface area contributed by atoms with Crippen LogP contribution in [-0.2, 0) is 10.0 Å². The van der Waals surface area contributed by atoms with E-state index in [0.717, 1.165) is 66.8 Å². The largest absolute Gasteiger partial charge is 0.511 e. The van der Waals surface area contributed by atoms with E-state index in [1.54, 1.807) is 0 Å². The maximum atomic E-state index is 13.4. The third-order valence-corrected chi connectivity index (χ3v) is 7.53. The highest BCUT2D eigenvalue weighted by atomic mass is 32.2. The molecule has 0 bridgehead atoms. The van der Waals surface area contributed by atoms with E-state index in [2.05, 4.69) is 0 Å². The fraction of sp³-hybridized carbons (Fsp3) is 0.789. The van der Waals surface area contributed by atoms with Crippen molar-refractivity contribution in [3.8, 4) is 0 Å². The standard InChI is InChI=1S/C19H28F3NO2S/c1-13(2)18-16-11-7-6-10-15(16)17(14-8-4-3-5-9-14)12-23(18)26(24,25)19(20,21)22/h13,18H,3-12H2,1-2H3/t18-/m1/s1. The topological polar surface area (TPSA) is 37.4 Å². The Labute approximate surface area is 154 Å². The lowest BCUT2D eigenvalue weighted by atomic mass is 9.75. The number of halogens is 3. The van der Waals surface area contributed by atoms with Crippen molar-refractivity contribution >= 4 is 10.0 Å². The van der Waals surface area contributed by atoms with Gasteiger partial charge in [-0.05, 0) is 74.0 Å². The van der Waals surface area contributed by atoms with Gasteiger partial charge < -0.3 is 0 Å². The lowest BCUT2D eigenvalue weighted by molar-refractivity contribution is -0.0500. The van der Waals surface area contributed by atoms with E-state index in [-0.39, 0.29) is 12.5 Å². The Morgan fingerprint density at radius 1 is 0.923 bits per heavy atom. The number of rotatable bonds is 2. The summed E-state index contributed by atoms with van der Waals surface area (Å²) in [5, 5.41) is 0. The molecule has 1 atom stereocenters. The fourth-order valence-electron chi connectivity index (χ4n) is 4.83. The van der Waals surface area contributed by atoms with Crippen LogP contribution >= 0.6 is 0 Å². The van der Waals surface area contributed by atoms with Gasteiger partial charge in [-0.25, -0.2) is 8.42 Å². The Kier molecular flexibility index (Phi) is 5.60. The van der Waals surface area contributed by atoms with E-state index in [0.29, 0.717) is 6.42 Å². The molecule has 7 heteroatoms. The molecule has 0 N–H and O–H groups in total. The number of hydrogen-bond acceptors (Lipinski definition) is 2. The van der Waals surface area contributed by atoms with Crippen molar-refractivity contribution in [2.45, 2.75) is 83.2 Å². The first-order valence-corrected chi connectivity index (χ1v) is 11.1. The van der Waals surface area contributed by atoms with Crippen molar-refractivity contribution in [3.05, 3.63) is 22.3 Å². The summed E-state index contributed by atoms with van der Waals surface area (Å²) < 4.78 is 65.7. The van der Waals surface area contributed by atoms with Crippen LogP contribution < -0.4 is 0 Å². The van der Waals surface area contributed by atoms with Crippen LogP contribution in [-0.4, -0.2) is 30.8 Å². The van der Waals surface area contributed by atoms with E-state index in [1.807, 2.05) is 13.8 Å². The minimum Gasteiger partial charge on any atom is -0.203 e. The maximum absolute atomic E-state index is 13.4. The molecule has 3 rings (SSSR count). The predicted octanol–water partition coefficient (Wildman–Crippen LogP) is 5.31. The molecule has 0 aromatic heterocycles. The monoisotopic (exact) mass is 391 g/mol. The molecule has 1 aliphatic heterocycles. The molecule has 26 heavy (non-hydrogen) atoms. The smallest absolute Gasteiger partial charge is 0.203 e. The van der Waals surface area contributed by atoms with Crippen LogP contribution in [0.1, 0.15) is 71.6 Å². The Bertz CT molecular complexity index is 712. The summed E-state index contributed by atoms with van der Waals surface area (Å²) in [6.07, 6.45) is 8.54. The number of allylic oxidation sites excluding steroid dienone is 1. The SMILES string of the molecule is CC(C)[C@@H]1C2=C(CCCC2)C(=C2CCCCC2)CN1S(=O)(=O)C(F)(F)F. The summed E-state index contributed by atoms with van der Waals surface area (Å²) >= 11 is 0. The molecule has 0 amide bonds. The van der Waals surface area contributed by atoms with E-state index >= 15 is 0 Å². The molecule has 3 nitrogen and oxygen atoms in total. The van der Waals surface area contributed by atoms with Gasteiger partial charge in [0.25, 0.3) is 0 Å². The van der Waals surface area contributed by atoms with Crippen molar-refractivity contribution < 1.29 is 21.6 Å². The van der Waals surface area contributed by atoms with Gasteiger partial charge in [0.1, 0.15) is 0 Å². The summed E-state index contributed by atoms with van der Waals surface area (Å²) in [6, 6.07) is -0.676. The van der Waals surface area contributed by atoms with Crippen LogP contribution in [0.25, 0.3) is 0 Å². The number of hydrogen-bond donors (Lipinski definition) is 0. The summed E-state index contributed by atoms with van der Waals surface area (Å²) in [6.45, 7) is 3.53. The predicted molar refractivity (Wildman–Crippen MR) is 95.9 cm³/mol. The molecule has 1 heterocycles. The number of nitrogens with zero attached hydrogens (tertiary/aromatic N) is 1. The van der Waals surface area contributed by atoms with Gasteiger partial charge in [0.2, 0.25) is 0 Å². The fourth-order valence-corrected chi connectivity index (χ4v) is 6.07. The van der Waals surface area contributed by atoms with Gasteiger partial charge in [-0.2, -0.15) is 17.5 Å². The van der Waals surface area contributed by atoms with Crippen LogP contribution in [0.4, 0.5) is 13.2 Å². The first-order chi connectivity index (χ1) is 12.1. The molecule has 1 fully saturated rings. The molecule has 0 unspecified atom stereocenters. The Morgan fingerprint density at radius 3 is 2.08 bits per heavy atom. The molecule has 0 radical (unpaired) electrons. The molecule has 2 aliphatic carbocycles. The zero-order valence-corrected chi connectivity index (χ0v) is 16.3. The Hall–Kier alpha value is -0.820. The highest BCUT2D eigenvalue weighted by molar-refractivity contribution is 7.90. The second-order valence-electron chi connectivity index (χ2n) is 8.04. The Balaban J connectivity index is 2.16. The highest BCUT2D eigenvalue weighted by Crippen LogP contribution is 2.45. The lowest BCUT2D eigenvalue weighted by Gasteiger charge is -2.44. The van der Waals surface area contributed by atoms with Gasteiger partial charge in [-0.1, -0.05) is 25.8 Å². The van der Waals surface area contributed by atoms with E-state index in [1.165, 1.54) is 11.1 Å². The van der Waals surface area contributed by atoms with Gasteiger partial charge in [0.05, 0.1) is 0 Å². The average Bonchev–Trinajstić information content (AvgIpc) is 2.59. The van der Waals surface area contributed by atoms with Crippen LogP contribution in [0.5, 0.6) is 0 Å². The molecule has 3 aliphatic rings. The van der Waals surface area contributed by atoms with Gasteiger partial charge in [0, 0.05) is 12.6 Å². The second kappa shape index (κ2) is 7.30. The van der Waals surface area contributed by atoms with Crippen LogP contribution in [0.2, 0.25) is 0 Å². The number of alkyl halides is 3. The molecule has 0 aromatic carbocycles. The molecule has 148 valence electrons. The van der Waals surface area contributed by atoms with Gasteiger partial charge >= 0.3 is 15.5 Å². The van der Waals surface area contributed by atoms with E-state index in [4.69, 9.17) is 0 Å². The van der Waals surface area contributed by atoms with Crippen LogP contribution in [0.3, 0.4) is 0 Å². The van der Waals surface area contributed by atoms with Crippen molar-refractivity contribution in [1.82, 2.24) is 4.31 Å². The van der Waals surface area contributed by atoms with Gasteiger partial charge in [-0.15, -0.1) is 0 Å². The highest BCUT2D eigenvalue weighted by Gasteiger charge is 2.54. The van der Waals surface area contributed by atoms with Crippen molar-refractivity contribution in [3.63, 3.8) is 0 Å². The van der Waals surface area contributed by atoms with Gasteiger partial charge in [-0.3, -0.25) is 0 Å². The maximum Gasteiger partial charge on any atom is 0.511 e. The molecular formula is C19H28F3NO2S. The average molecular weight is 391 g/mol. The third kappa shape index (κ3) is 3.49. The molecular weight excluding hydrogens is 363 g/mol. The second-order valence-corrected chi connectivity index (χ2v) is 9.92. The zero-order valence-electron chi connectivity index (χ0n) is 15.5.